The lowest BCUT2D eigenvalue weighted by atomic mass is 9.81. The van der Waals surface area contributed by atoms with Gasteiger partial charge >= 0.3 is 0 Å². The molecule has 0 bridgehead atoms. The van der Waals surface area contributed by atoms with Crippen molar-refractivity contribution in [1.29, 1.82) is 0 Å². The fourth-order valence-corrected chi connectivity index (χ4v) is 3.96. The van der Waals surface area contributed by atoms with E-state index in [1.54, 1.807) is 6.33 Å². The molecular weight excluding hydrogens is 340 g/mol. The second-order valence-corrected chi connectivity index (χ2v) is 6.94. The van der Waals surface area contributed by atoms with Crippen LogP contribution in [0.25, 0.3) is 0 Å². The first-order valence-electron chi connectivity index (χ1n) is 8.01. The van der Waals surface area contributed by atoms with Gasteiger partial charge in [-0.2, -0.15) is 0 Å². The lowest BCUT2D eigenvalue weighted by molar-refractivity contribution is -0.124. The Morgan fingerprint density at radius 3 is 2.73 bits per heavy atom. The van der Waals surface area contributed by atoms with Crippen LogP contribution in [0.4, 0.5) is 0 Å². The maximum Gasteiger partial charge on any atom is 0.136 e. The maximum absolute atomic E-state index is 12.7. The molecule has 0 aliphatic heterocycles. The number of aromatic amines is 1. The number of aromatic nitrogens is 2. The van der Waals surface area contributed by atoms with Gasteiger partial charge in [0.25, 0.3) is 0 Å². The lowest BCUT2D eigenvalue weighted by Gasteiger charge is -2.23. The number of ketones is 1. The number of nitrogens with zero attached hydrogens (tertiary/aromatic N) is 1. The molecule has 0 amide bonds. The highest BCUT2D eigenvalue weighted by molar-refractivity contribution is 9.10. The molecule has 2 aromatic rings. The van der Waals surface area contributed by atoms with Crippen LogP contribution < -0.4 is 0 Å². The predicted octanol–water partition coefficient (Wildman–Crippen LogP) is 4.84. The van der Waals surface area contributed by atoms with Crippen LogP contribution in [0.15, 0.2) is 41.3 Å². The Morgan fingerprint density at radius 1 is 1.27 bits per heavy atom. The van der Waals surface area contributed by atoms with Crippen molar-refractivity contribution in [3.05, 3.63) is 52.5 Å². The summed E-state index contributed by atoms with van der Waals surface area (Å²) < 4.78 is 1.05. The van der Waals surface area contributed by atoms with Gasteiger partial charge in [-0.15, -0.1) is 0 Å². The Hall–Kier alpha value is -1.42. The summed E-state index contributed by atoms with van der Waals surface area (Å²) in [5.74, 6) is 0.698. The summed E-state index contributed by atoms with van der Waals surface area (Å²) in [6.07, 6.45) is 9.85. The molecule has 22 heavy (non-hydrogen) atoms. The summed E-state index contributed by atoms with van der Waals surface area (Å²) >= 11 is 3.62. The summed E-state index contributed by atoms with van der Waals surface area (Å²) in [4.78, 5) is 20.1. The predicted molar refractivity (Wildman–Crippen MR) is 90.8 cm³/mol. The average Bonchev–Trinajstić information content (AvgIpc) is 3.08. The van der Waals surface area contributed by atoms with Gasteiger partial charge in [0.15, 0.2) is 0 Å². The SMILES string of the molecule is O=C(CC(c1cnc[nH]1)c1ccccc1Br)C1CCCCC1. The first kappa shape index (κ1) is 15.5. The maximum atomic E-state index is 12.7. The molecule has 1 aromatic heterocycles. The number of hydrogen-bond donors (Lipinski definition) is 1. The number of benzene rings is 1. The van der Waals surface area contributed by atoms with E-state index >= 15 is 0 Å². The Bertz CT molecular complexity index is 618. The molecule has 1 aliphatic rings. The number of H-pyrrole nitrogens is 1. The third kappa shape index (κ3) is 3.49. The molecule has 3 nitrogen and oxygen atoms in total. The van der Waals surface area contributed by atoms with Crippen LogP contribution in [0.2, 0.25) is 0 Å². The van der Waals surface area contributed by atoms with Gasteiger partial charge in [0.1, 0.15) is 5.78 Å². The summed E-state index contributed by atoms with van der Waals surface area (Å²) in [7, 11) is 0. The van der Waals surface area contributed by atoms with Gasteiger partial charge in [0.05, 0.1) is 6.33 Å². The van der Waals surface area contributed by atoms with Gasteiger partial charge in [-0.3, -0.25) is 4.79 Å². The minimum absolute atomic E-state index is 0.0486. The number of carbonyl (C=O) groups excluding carboxylic acids is 1. The number of imidazole rings is 1. The highest BCUT2D eigenvalue weighted by Gasteiger charge is 2.27. The van der Waals surface area contributed by atoms with Crippen LogP contribution in [0.1, 0.15) is 55.7 Å². The van der Waals surface area contributed by atoms with E-state index in [9.17, 15) is 4.79 Å². The molecule has 0 saturated heterocycles. The number of halogens is 1. The first-order chi connectivity index (χ1) is 10.8. The molecule has 1 heterocycles. The standard InChI is InChI=1S/C18H21BrN2O/c19-16-9-5-4-8-14(16)15(17-11-20-12-21-17)10-18(22)13-6-2-1-3-7-13/h4-5,8-9,11-13,15H,1-3,6-7,10H2,(H,20,21). The Labute approximate surface area is 139 Å². The Balaban J connectivity index is 1.83. The third-order valence-corrected chi connectivity index (χ3v) is 5.36. The van der Waals surface area contributed by atoms with Crippen molar-refractivity contribution < 1.29 is 4.79 Å². The third-order valence-electron chi connectivity index (χ3n) is 4.64. The van der Waals surface area contributed by atoms with E-state index in [1.165, 1.54) is 19.3 Å². The van der Waals surface area contributed by atoms with E-state index in [0.29, 0.717) is 12.2 Å². The van der Waals surface area contributed by atoms with Crippen LogP contribution >= 0.6 is 15.9 Å². The van der Waals surface area contributed by atoms with E-state index in [0.717, 1.165) is 28.6 Å². The summed E-state index contributed by atoms with van der Waals surface area (Å²) in [6.45, 7) is 0. The lowest BCUT2D eigenvalue weighted by Crippen LogP contribution is -2.20. The Morgan fingerprint density at radius 2 is 2.05 bits per heavy atom. The van der Waals surface area contributed by atoms with E-state index in [1.807, 2.05) is 24.4 Å². The molecule has 3 rings (SSSR count). The first-order valence-corrected chi connectivity index (χ1v) is 8.80. The molecule has 1 aromatic carbocycles. The highest BCUT2D eigenvalue weighted by Crippen LogP contribution is 2.35. The number of nitrogens with one attached hydrogen (secondary N) is 1. The smallest absolute Gasteiger partial charge is 0.136 e. The van der Waals surface area contributed by atoms with E-state index < -0.39 is 0 Å². The fraction of sp³-hybridized carbons (Fsp3) is 0.444. The molecule has 1 N–H and O–H groups in total. The molecule has 1 saturated carbocycles. The number of Topliss-reactive ketones (excluding diaryl/α,β-unsaturated/α-hetero) is 1. The molecule has 1 aliphatic carbocycles. The van der Waals surface area contributed by atoms with Gasteiger partial charge in [0, 0.05) is 34.6 Å². The topological polar surface area (TPSA) is 45.8 Å². The number of carbonyl (C=O) groups is 1. The molecule has 1 atom stereocenters. The number of rotatable bonds is 5. The zero-order valence-electron chi connectivity index (χ0n) is 12.6. The molecular formula is C18H21BrN2O. The monoisotopic (exact) mass is 360 g/mol. The zero-order chi connectivity index (χ0) is 15.4. The van der Waals surface area contributed by atoms with E-state index in [-0.39, 0.29) is 11.8 Å². The van der Waals surface area contributed by atoms with Crippen LogP contribution in [0, 0.1) is 5.92 Å². The van der Waals surface area contributed by atoms with Gasteiger partial charge in [-0.05, 0) is 24.5 Å². The van der Waals surface area contributed by atoms with E-state index in [4.69, 9.17) is 0 Å². The largest absolute Gasteiger partial charge is 0.348 e. The van der Waals surface area contributed by atoms with Crippen molar-refractivity contribution in [1.82, 2.24) is 9.97 Å². The van der Waals surface area contributed by atoms with Gasteiger partial charge in [0.2, 0.25) is 0 Å². The van der Waals surface area contributed by atoms with Crippen molar-refractivity contribution in [2.45, 2.75) is 44.4 Å². The quantitative estimate of drug-likeness (QED) is 0.828. The number of hydrogen-bond acceptors (Lipinski definition) is 2. The van der Waals surface area contributed by atoms with Gasteiger partial charge < -0.3 is 4.98 Å². The minimum atomic E-state index is 0.0486. The second-order valence-electron chi connectivity index (χ2n) is 6.09. The van der Waals surface area contributed by atoms with Crippen molar-refractivity contribution in [2.24, 2.45) is 5.92 Å². The van der Waals surface area contributed by atoms with Crippen molar-refractivity contribution >= 4 is 21.7 Å². The highest BCUT2D eigenvalue weighted by atomic mass is 79.9. The van der Waals surface area contributed by atoms with Crippen LogP contribution in [-0.2, 0) is 4.79 Å². The second kappa shape index (κ2) is 7.23. The molecule has 1 fully saturated rings. The van der Waals surface area contributed by atoms with Crippen molar-refractivity contribution in [2.75, 3.05) is 0 Å². The van der Waals surface area contributed by atoms with Crippen LogP contribution in [0.3, 0.4) is 0 Å². The fourth-order valence-electron chi connectivity index (χ4n) is 3.39. The summed E-state index contributed by atoms with van der Waals surface area (Å²) in [5, 5.41) is 0. The van der Waals surface area contributed by atoms with Crippen molar-refractivity contribution in [3.63, 3.8) is 0 Å². The van der Waals surface area contributed by atoms with Gasteiger partial charge in [-0.1, -0.05) is 53.4 Å². The summed E-state index contributed by atoms with van der Waals surface area (Å²) in [5.41, 5.74) is 2.16. The van der Waals surface area contributed by atoms with E-state index in [2.05, 4.69) is 32.0 Å². The van der Waals surface area contributed by atoms with Crippen molar-refractivity contribution in [3.8, 4) is 0 Å². The molecule has 116 valence electrons. The van der Waals surface area contributed by atoms with Gasteiger partial charge in [-0.25, -0.2) is 4.98 Å². The van der Waals surface area contributed by atoms with Crippen LogP contribution in [0.5, 0.6) is 0 Å². The normalized spacial score (nSPS) is 17.3. The molecule has 0 radical (unpaired) electrons. The Kier molecular flexibility index (Phi) is 5.08. The summed E-state index contributed by atoms with van der Waals surface area (Å²) in [6, 6.07) is 8.14. The molecule has 4 heteroatoms. The van der Waals surface area contributed by atoms with Crippen LogP contribution in [-0.4, -0.2) is 15.8 Å². The molecule has 1 unspecified atom stereocenters. The minimum Gasteiger partial charge on any atom is -0.348 e. The average molecular weight is 361 g/mol. The molecule has 0 spiro atoms. The zero-order valence-corrected chi connectivity index (χ0v) is 14.2.